The molecule has 1 saturated heterocycles. The normalized spacial score (nSPS) is 25.0. The fraction of sp³-hybridized carbons (Fsp3) is 0.967. The minimum absolute atomic E-state index is 0.269. The summed E-state index contributed by atoms with van der Waals surface area (Å²) in [5.74, 6) is -0.905. The van der Waals surface area contributed by atoms with Crippen molar-refractivity contribution in [2.45, 2.75) is 172 Å². The molecule has 1 rings (SSSR count). The van der Waals surface area contributed by atoms with Crippen LogP contribution in [-0.2, 0) is 28.9 Å². The molecule has 9 atom stereocenters. The average molecular weight is 674 g/mol. The minimum Gasteiger partial charge on any atom is -0.391 e. The number of carbonyl (C=O) groups excluding carboxylic acids is 1. The van der Waals surface area contributed by atoms with E-state index >= 15 is 0 Å². The van der Waals surface area contributed by atoms with Crippen LogP contribution >= 0.6 is 0 Å². The van der Waals surface area contributed by atoms with E-state index in [-0.39, 0.29) is 6.54 Å². The molecule has 14 nitrogen and oxygen atoms in total. The summed E-state index contributed by atoms with van der Waals surface area (Å²) in [4.78, 5) is 12.4. The van der Waals surface area contributed by atoms with Crippen LogP contribution in [0.2, 0.25) is 0 Å². The Hall–Kier alpha value is -0.980. The van der Waals surface area contributed by atoms with E-state index in [0.717, 1.165) is 19.3 Å². The first kappa shape index (κ1) is 42.0. The molecule has 0 spiro atoms. The smallest absolute Gasteiger partial charge is 0.391 e. The monoisotopic (exact) mass is 673 g/mol. The molecule has 8 N–H and O–H groups in total. The summed E-state index contributed by atoms with van der Waals surface area (Å²) >= 11 is 0. The van der Waals surface area contributed by atoms with E-state index in [4.69, 9.17) is 14.0 Å². The zero-order valence-electron chi connectivity index (χ0n) is 26.9. The Kier molecular flexibility index (Phi) is 21.8. The van der Waals surface area contributed by atoms with Crippen LogP contribution in [-0.4, -0.2) is 118 Å². The standard InChI is InChI=1S/C30H59NO13S/c1-3-4-5-6-7-8-9-10-11-12-13-14-15-16-17-18-19-31-29(38)26(36)25(35)28(21(2)32)44-30-27(37)24(34)23(33)22(43-30)20-42-45(39,40)41/h21-28,30,32-37H,3-20H2,1-2H3,(H,31,38)(H,39,40,41)/t21-,22?,23-,24+,25-,26-,27?,28-,30+/m1/s1. The Morgan fingerprint density at radius 3 is 1.69 bits per heavy atom. The molecule has 1 heterocycles. The zero-order valence-corrected chi connectivity index (χ0v) is 27.7. The number of nitrogens with one attached hydrogen (secondary N) is 1. The maximum absolute atomic E-state index is 12.4. The van der Waals surface area contributed by atoms with Gasteiger partial charge in [0.05, 0.1) is 12.7 Å². The van der Waals surface area contributed by atoms with Crippen LogP contribution < -0.4 is 5.32 Å². The molecular weight excluding hydrogens is 614 g/mol. The maximum atomic E-state index is 12.4. The molecule has 2 unspecified atom stereocenters. The highest BCUT2D eigenvalue weighted by molar-refractivity contribution is 7.80. The molecule has 0 saturated carbocycles. The second-order valence-corrected chi connectivity index (χ2v) is 13.2. The maximum Gasteiger partial charge on any atom is 0.397 e. The number of ether oxygens (including phenoxy) is 2. The largest absolute Gasteiger partial charge is 0.397 e. The number of aliphatic hydroxyl groups is 6. The van der Waals surface area contributed by atoms with Gasteiger partial charge in [0, 0.05) is 6.54 Å². The number of carbonyl (C=O) groups is 1. The van der Waals surface area contributed by atoms with Crippen LogP contribution in [0.3, 0.4) is 0 Å². The first-order chi connectivity index (χ1) is 21.3. The lowest BCUT2D eigenvalue weighted by molar-refractivity contribution is -0.324. The number of hydrogen-bond acceptors (Lipinski definition) is 12. The van der Waals surface area contributed by atoms with Gasteiger partial charge >= 0.3 is 10.4 Å². The van der Waals surface area contributed by atoms with Gasteiger partial charge in [0.1, 0.15) is 36.6 Å². The fourth-order valence-corrected chi connectivity index (χ4v) is 5.58. The fourth-order valence-electron chi connectivity index (χ4n) is 5.28. The highest BCUT2D eigenvalue weighted by atomic mass is 32.3. The quantitative estimate of drug-likeness (QED) is 0.0481. The van der Waals surface area contributed by atoms with Gasteiger partial charge in [-0.15, -0.1) is 0 Å². The molecule has 15 heteroatoms. The van der Waals surface area contributed by atoms with Crippen molar-refractivity contribution in [3.05, 3.63) is 0 Å². The van der Waals surface area contributed by atoms with Crippen molar-refractivity contribution >= 4 is 16.3 Å². The number of amides is 1. The van der Waals surface area contributed by atoms with Gasteiger partial charge in [-0.1, -0.05) is 103 Å². The molecule has 0 radical (unpaired) electrons. The first-order valence-corrected chi connectivity index (χ1v) is 18.0. The molecule has 0 bridgehead atoms. The molecule has 0 aliphatic carbocycles. The van der Waals surface area contributed by atoms with Crippen LogP contribution in [0.25, 0.3) is 0 Å². The molecule has 0 aromatic carbocycles. The van der Waals surface area contributed by atoms with E-state index in [9.17, 15) is 43.9 Å². The second-order valence-electron chi connectivity index (χ2n) is 12.1. The van der Waals surface area contributed by atoms with Gasteiger partial charge in [-0.2, -0.15) is 8.42 Å². The third-order valence-electron chi connectivity index (χ3n) is 8.07. The number of hydrogen-bond donors (Lipinski definition) is 8. The summed E-state index contributed by atoms with van der Waals surface area (Å²) < 4.78 is 45.2. The Bertz CT molecular complexity index is 878. The van der Waals surface area contributed by atoms with Gasteiger partial charge in [0.2, 0.25) is 0 Å². The van der Waals surface area contributed by atoms with Crippen LogP contribution in [0.4, 0.5) is 0 Å². The average Bonchev–Trinajstić information content (AvgIpc) is 2.99. The molecule has 1 fully saturated rings. The Morgan fingerprint density at radius 2 is 1.24 bits per heavy atom. The molecule has 0 aromatic heterocycles. The summed E-state index contributed by atoms with van der Waals surface area (Å²) in [5.41, 5.74) is 0. The molecular formula is C30H59NO13S. The van der Waals surface area contributed by atoms with Crippen molar-refractivity contribution in [1.29, 1.82) is 0 Å². The summed E-state index contributed by atoms with van der Waals surface area (Å²) in [6, 6.07) is 0. The molecule has 1 aliphatic heterocycles. The SMILES string of the molecule is CCCCCCCCCCCCCCCCCCNC(=O)[C@H](O)[C@@H](O)[C@H](O[C@@H]1OC(COS(=O)(=O)O)[C@@H](O)[C@H](O)C1O)[C@@H](C)O. The molecule has 1 aliphatic rings. The van der Waals surface area contributed by atoms with Crippen molar-refractivity contribution in [3.8, 4) is 0 Å². The third-order valence-corrected chi connectivity index (χ3v) is 8.51. The van der Waals surface area contributed by atoms with Gasteiger partial charge in [-0.05, 0) is 13.3 Å². The Balaban J connectivity index is 2.32. The lowest BCUT2D eigenvalue weighted by Crippen LogP contribution is -2.61. The Labute approximate surface area is 268 Å². The summed E-state index contributed by atoms with van der Waals surface area (Å²) in [5, 5.41) is 64.1. The summed E-state index contributed by atoms with van der Waals surface area (Å²) in [7, 11) is -4.92. The van der Waals surface area contributed by atoms with E-state index in [2.05, 4.69) is 16.4 Å². The topological polar surface area (TPSA) is 233 Å². The van der Waals surface area contributed by atoms with Crippen molar-refractivity contribution in [2.75, 3.05) is 13.2 Å². The van der Waals surface area contributed by atoms with Crippen LogP contribution in [0.5, 0.6) is 0 Å². The molecule has 45 heavy (non-hydrogen) atoms. The minimum atomic E-state index is -4.92. The van der Waals surface area contributed by atoms with Crippen molar-refractivity contribution in [2.24, 2.45) is 0 Å². The van der Waals surface area contributed by atoms with Gasteiger partial charge in [-0.25, -0.2) is 4.18 Å². The van der Waals surface area contributed by atoms with E-state index in [1.54, 1.807) is 0 Å². The van der Waals surface area contributed by atoms with Crippen LogP contribution in [0, 0.1) is 0 Å². The summed E-state index contributed by atoms with van der Waals surface area (Å²) in [6.07, 6.45) is 2.96. The molecule has 1 amide bonds. The van der Waals surface area contributed by atoms with Crippen LogP contribution in [0.1, 0.15) is 117 Å². The van der Waals surface area contributed by atoms with Crippen LogP contribution in [0.15, 0.2) is 0 Å². The van der Waals surface area contributed by atoms with Gasteiger partial charge in [0.25, 0.3) is 5.91 Å². The highest BCUT2D eigenvalue weighted by Crippen LogP contribution is 2.25. The first-order valence-electron chi connectivity index (χ1n) is 16.6. The van der Waals surface area contributed by atoms with Gasteiger partial charge < -0.3 is 45.4 Å². The van der Waals surface area contributed by atoms with Crippen molar-refractivity contribution < 1.29 is 62.1 Å². The van der Waals surface area contributed by atoms with E-state index in [1.165, 1.54) is 84.0 Å². The predicted molar refractivity (Wildman–Crippen MR) is 165 cm³/mol. The number of aliphatic hydroxyl groups excluding tert-OH is 6. The number of rotatable bonds is 26. The second kappa shape index (κ2) is 23.4. The Morgan fingerprint density at radius 1 is 0.778 bits per heavy atom. The van der Waals surface area contributed by atoms with Gasteiger partial charge in [-0.3, -0.25) is 9.35 Å². The third kappa shape index (κ3) is 17.7. The predicted octanol–water partition coefficient (Wildman–Crippen LogP) is 1.48. The van der Waals surface area contributed by atoms with E-state index in [1.807, 2.05) is 0 Å². The number of unbranched alkanes of at least 4 members (excludes halogenated alkanes) is 15. The van der Waals surface area contributed by atoms with E-state index < -0.39 is 78.0 Å². The zero-order chi connectivity index (χ0) is 33.8. The molecule has 0 aromatic rings. The van der Waals surface area contributed by atoms with Crippen molar-refractivity contribution in [3.63, 3.8) is 0 Å². The lowest BCUT2D eigenvalue weighted by Gasteiger charge is -2.42. The van der Waals surface area contributed by atoms with Gasteiger partial charge in [0.15, 0.2) is 12.4 Å². The highest BCUT2D eigenvalue weighted by Gasteiger charge is 2.47. The molecule has 268 valence electrons. The van der Waals surface area contributed by atoms with Crippen molar-refractivity contribution in [1.82, 2.24) is 5.32 Å². The van der Waals surface area contributed by atoms with E-state index in [0.29, 0.717) is 6.42 Å². The lowest BCUT2D eigenvalue weighted by atomic mass is 9.98. The summed E-state index contributed by atoms with van der Waals surface area (Å²) in [6.45, 7) is 2.72.